The Kier molecular flexibility index (Phi) is 48.9. The molecule has 6 nitrogen and oxygen atoms in total. The van der Waals surface area contributed by atoms with E-state index in [1.54, 1.807) is 0 Å². The average Bonchev–Trinajstić information content (AvgIpc) is 3.28. The van der Waals surface area contributed by atoms with Crippen molar-refractivity contribution in [2.75, 3.05) is 6.61 Å². The van der Waals surface area contributed by atoms with Crippen LogP contribution in [0.25, 0.3) is 0 Å². The summed E-state index contributed by atoms with van der Waals surface area (Å²) in [5.74, 6) is -0.603. The van der Waals surface area contributed by atoms with Crippen LogP contribution in [0.3, 0.4) is 0 Å². The van der Waals surface area contributed by atoms with Gasteiger partial charge in [0, 0.05) is 0 Å². The summed E-state index contributed by atoms with van der Waals surface area (Å²) in [5.41, 5.74) is 0. The van der Waals surface area contributed by atoms with Gasteiger partial charge in [0.05, 0.1) is 18.8 Å². The zero-order chi connectivity index (χ0) is 45.2. The standard InChI is InChI=1S/C56H105NO5/c1-3-5-7-9-11-13-15-17-19-21-23-24-25-26-27-28-29-30-32-33-35-37-39-41-43-45-47-49-53(59)55(61)52(51-58)57-56(62)54(60)50-48-46-44-42-40-38-36-34-31-22-20-18-16-14-12-10-8-6-4-2/h28-29,31,33-35,41,43,52-55,58-61H,3-27,30,32,36-40,42,44-51H2,1-2H3,(H,57,62)/b29-28+,34-31-,35-33+,43-41+. The summed E-state index contributed by atoms with van der Waals surface area (Å²) in [6.45, 7) is 4.05. The van der Waals surface area contributed by atoms with Gasteiger partial charge in [0.15, 0.2) is 0 Å². The molecule has 0 saturated carbocycles. The van der Waals surface area contributed by atoms with Crippen molar-refractivity contribution in [3.05, 3.63) is 48.6 Å². The number of carbonyl (C=O) groups is 1. The summed E-state index contributed by atoms with van der Waals surface area (Å²) in [6.07, 6.45) is 63.1. The van der Waals surface area contributed by atoms with E-state index in [1.165, 1.54) is 173 Å². The molecular weight excluding hydrogens is 767 g/mol. The first-order chi connectivity index (χ1) is 30.5. The van der Waals surface area contributed by atoms with Crippen LogP contribution in [0, 0.1) is 0 Å². The molecule has 0 radical (unpaired) electrons. The van der Waals surface area contributed by atoms with Gasteiger partial charge in [-0.15, -0.1) is 0 Å². The van der Waals surface area contributed by atoms with Gasteiger partial charge >= 0.3 is 0 Å². The molecule has 0 aromatic rings. The minimum atomic E-state index is -1.30. The third kappa shape index (κ3) is 43.5. The highest BCUT2D eigenvalue weighted by Crippen LogP contribution is 2.16. The van der Waals surface area contributed by atoms with E-state index in [0.717, 1.165) is 64.2 Å². The molecule has 0 spiro atoms. The minimum absolute atomic E-state index is 0.351. The van der Waals surface area contributed by atoms with Gasteiger partial charge in [0.2, 0.25) is 5.91 Å². The van der Waals surface area contributed by atoms with E-state index in [1.807, 2.05) is 0 Å². The van der Waals surface area contributed by atoms with Gasteiger partial charge in [-0.05, 0) is 89.9 Å². The van der Waals surface area contributed by atoms with Crippen LogP contribution in [-0.2, 0) is 4.79 Å². The van der Waals surface area contributed by atoms with Gasteiger partial charge in [-0.1, -0.05) is 229 Å². The highest BCUT2D eigenvalue weighted by Gasteiger charge is 2.28. The largest absolute Gasteiger partial charge is 0.394 e. The molecule has 0 aliphatic rings. The maximum Gasteiger partial charge on any atom is 0.249 e. The number of carbonyl (C=O) groups excluding carboxylic acids is 1. The number of rotatable bonds is 49. The molecule has 0 heterocycles. The Morgan fingerprint density at radius 1 is 0.387 bits per heavy atom. The van der Waals surface area contributed by atoms with Crippen LogP contribution in [-0.4, -0.2) is 57.3 Å². The van der Waals surface area contributed by atoms with Gasteiger partial charge in [-0.2, -0.15) is 0 Å². The summed E-state index contributed by atoms with van der Waals surface area (Å²) in [7, 11) is 0. The number of aliphatic hydroxyl groups excluding tert-OH is 4. The van der Waals surface area contributed by atoms with Crippen LogP contribution in [0.5, 0.6) is 0 Å². The topological polar surface area (TPSA) is 110 Å². The smallest absolute Gasteiger partial charge is 0.249 e. The second-order valence-corrected chi connectivity index (χ2v) is 18.5. The zero-order valence-corrected chi connectivity index (χ0v) is 41.1. The van der Waals surface area contributed by atoms with Crippen molar-refractivity contribution in [2.24, 2.45) is 0 Å². The zero-order valence-electron chi connectivity index (χ0n) is 41.1. The van der Waals surface area contributed by atoms with Crippen LogP contribution in [0.15, 0.2) is 48.6 Å². The van der Waals surface area contributed by atoms with Crippen LogP contribution < -0.4 is 5.32 Å². The fourth-order valence-electron chi connectivity index (χ4n) is 8.20. The first-order valence-electron chi connectivity index (χ1n) is 27.0. The molecular formula is C56H105NO5. The van der Waals surface area contributed by atoms with E-state index in [0.29, 0.717) is 19.3 Å². The van der Waals surface area contributed by atoms with Crippen LogP contribution in [0.1, 0.15) is 271 Å². The Labute approximate surface area is 385 Å². The van der Waals surface area contributed by atoms with Gasteiger partial charge in [-0.25, -0.2) is 0 Å². The van der Waals surface area contributed by atoms with Crippen LogP contribution >= 0.6 is 0 Å². The minimum Gasteiger partial charge on any atom is -0.394 e. The van der Waals surface area contributed by atoms with Crippen molar-refractivity contribution in [1.29, 1.82) is 0 Å². The van der Waals surface area contributed by atoms with Crippen molar-refractivity contribution < 1.29 is 25.2 Å². The predicted octanol–water partition coefficient (Wildman–Crippen LogP) is 15.4. The quantitative estimate of drug-likeness (QED) is 0.0309. The molecule has 1 amide bonds. The van der Waals surface area contributed by atoms with Crippen molar-refractivity contribution in [3.8, 4) is 0 Å². The second kappa shape index (κ2) is 50.3. The highest BCUT2D eigenvalue weighted by atomic mass is 16.3. The number of unbranched alkanes of at least 4 members (excludes halogenated alkanes) is 32. The van der Waals surface area contributed by atoms with Crippen molar-refractivity contribution in [1.82, 2.24) is 5.32 Å². The predicted molar refractivity (Wildman–Crippen MR) is 270 cm³/mol. The van der Waals surface area contributed by atoms with E-state index >= 15 is 0 Å². The van der Waals surface area contributed by atoms with E-state index < -0.39 is 36.9 Å². The molecule has 62 heavy (non-hydrogen) atoms. The Hall–Kier alpha value is -1.73. The van der Waals surface area contributed by atoms with Crippen molar-refractivity contribution in [2.45, 2.75) is 295 Å². The van der Waals surface area contributed by atoms with Gasteiger partial charge in [0.25, 0.3) is 0 Å². The number of aliphatic hydroxyl groups is 4. The molecule has 0 rings (SSSR count). The number of nitrogens with one attached hydrogen (secondary N) is 1. The molecule has 0 aromatic heterocycles. The summed E-state index contributed by atoms with van der Waals surface area (Å²) >= 11 is 0. The summed E-state index contributed by atoms with van der Waals surface area (Å²) in [4.78, 5) is 12.6. The molecule has 0 aromatic carbocycles. The lowest BCUT2D eigenvalue weighted by atomic mass is 10.00. The maximum atomic E-state index is 12.6. The number of hydrogen-bond donors (Lipinski definition) is 5. The fourth-order valence-corrected chi connectivity index (χ4v) is 8.20. The van der Waals surface area contributed by atoms with E-state index in [9.17, 15) is 25.2 Å². The number of hydrogen-bond acceptors (Lipinski definition) is 5. The molecule has 5 N–H and O–H groups in total. The molecule has 0 bridgehead atoms. The highest BCUT2D eigenvalue weighted by molar-refractivity contribution is 5.80. The molecule has 364 valence electrons. The first kappa shape index (κ1) is 60.3. The lowest BCUT2D eigenvalue weighted by Gasteiger charge is -2.27. The van der Waals surface area contributed by atoms with Crippen LogP contribution in [0.2, 0.25) is 0 Å². The van der Waals surface area contributed by atoms with Gasteiger partial charge in [0.1, 0.15) is 12.2 Å². The van der Waals surface area contributed by atoms with Gasteiger partial charge in [-0.3, -0.25) is 4.79 Å². The van der Waals surface area contributed by atoms with Crippen molar-refractivity contribution >= 4 is 5.91 Å². The summed E-state index contributed by atoms with van der Waals surface area (Å²) < 4.78 is 0. The molecule has 4 atom stereocenters. The molecule has 0 fully saturated rings. The van der Waals surface area contributed by atoms with E-state index in [4.69, 9.17) is 0 Å². The molecule has 6 heteroatoms. The van der Waals surface area contributed by atoms with Gasteiger partial charge < -0.3 is 25.7 Å². The lowest BCUT2D eigenvalue weighted by Crippen LogP contribution is -2.53. The Balaban J connectivity index is 3.75. The molecule has 0 aliphatic heterocycles. The Morgan fingerprint density at radius 3 is 1.02 bits per heavy atom. The molecule has 0 aliphatic carbocycles. The third-order valence-corrected chi connectivity index (χ3v) is 12.5. The summed E-state index contributed by atoms with van der Waals surface area (Å²) in [5, 5.41) is 43.9. The maximum absolute atomic E-state index is 12.6. The second-order valence-electron chi connectivity index (χ2n) is 18.5. The average molecular weight is 872 g/mol. The van der Waals surface area contributed by atoms with E-state index in [2.05, 4.69) is 67.8 Å². The fraction of sp³-hybridized carbons (Fsp3) is 0.839. The number of allylic oxidation sites excluding steroid dienone is 8. The Bertz CT molecular complexity index is 1020. The SMILES string of the molecule is CCCCCCCCCCC/C=C\CCCCCCCCC(O)C(=O)NC(CO)C(O)C(O)CCC/C=C/CC/C=C/CC/C=C/CCCCCCCCCCCCCCCC. The van der Waals surface area contributed by atoms with Crippen LogP contribution in [0.4, 0.5) is 0 Å². The summed E-state index contributed by atoms with van der Waals surface area (Å²) in [6, 6.07) is -1.02. The Morgan fingerprint density at radius 2 is 0.677 bits per heavy atom. The molecule has 4 unspecified atom stereocenters. The third-order valence-electron chi connectivity index (χ3n) is 12.5. The normalized spacial score (nSPS) is 14.2. The number of amides is 1. The monoisotopic (exact) mass is 872 g/mol. The lowest BCUT2D eigenvalue weighted by molar-refractivity contribution is -0.132. The van der Waals surface area contributed by atoms with Crippen molar-refractivity contribution in [3.63, 3.8) is 0 Å². The van der Waals surface area contributed by atoms with E-state index in [-0.39, 0.29) is 0 Å². The molecule has 0 saturated heterocycles. The first-order valence-corrected chi connectivity index (χ1v) is 27.0.